The summed E-state index contributed by atoms with van der Waals surface area (Å²) in [4.78, 5) is 3.93. The molecule has 0 saturated heterocycles. The fourth-order valence-corrected chi connectivity index (χ4v) is 1.81. The molecule has 0 radical (unpaired) electrons. The second-order valence-corrected chi connectivity index (χ2v) is 4.22. The molecule has 1 aromatic heterocycles. The number of hydrogen-bond donors (Lipinski definition) is 1. The molecule has 19 heavy (non-hydrogen) atoms. The topological polar surface area (TPSA) is 61.2 Å². The molecule has 0 aliphatic carbocycles. The van der Waals surface area contributed by atoms with Gasteiger partial charge in [0.05, 0.1) is 17.9 Å². The smallest absolute Gasteiger partial charge is 0.173 e. The monoisotopic (exact) mass is 282 g/mol. The van der Waals surface area contributed by atoms with Crippen LogP contribution in [0.25, 0.3) is 5.69 Å². The first-order chi connectivity index (χ1) is 9.24. The number of nitrogens with one attached hydrogen (secondary N) is 1. The van der Waals surface area contributed by atoms with E-state index in [2.05, 4.69) is 15.4 Å². The average Bonchev–Trinajstić information content (AvgIpc) is 2.94. The van der Waals surface area contributed by atoms with Gasteiger partial charge in [-0.1, -0.05) is 11.6 Å². The molecular formula is C12H15ClN4O2. The maximum Gasteiger partial charge on any atom is 0.173 e. The quantitative estimate of drug-likeness (QED) is 0.821. The molecule has 7 heteroatoms. The van der Waals surface area contributed by atoms with E-state index in [9.17, 15) is 0 Å². The molecule has 0 spiro atoms. The molecule has 0 fully saturated rings. The fraction of sp³-hybridized carbons (Fsp3) is 0.333. The second kappa shape index (κ2) is 6.51. The number of rotatable bonds is 6. The van der Waals surface area contributed by atoms with Gasteiger partial charge in [-0.15, -0.1) is 0 Å². The number of methoxy groups -OCH3 is 2. The number of nitrogens with zero attached hydrogens (tertiary/aromatic N) is 3. The van der Waals surface area contributed by atoms with E-state index in [1.807, 2.05) is 12.1 Å². The lowest BCUT2D eigenvalue weighted by Gasteiger charge is -2.17. The Bertz CT molecular complexity index is 514. The van der Waals surface area contributed by atoms with Crippen molar-refractivity contribution in [1.29, 1.82) is 0 Å². The van der Waals surface area contributed by atoms with Crippen LogP contribution in [0.3, 0.4) is 0 Å². The van der Waals surface area contributed by atoms with Gasteiger partial charge in [0.2, 0.25) is 0 Å². The van der Waals surface area contributed by atoms with Crippen LogP contribution in [-0.4, -0.2) is 41.8 Å². The lowest BCUT2D eigenvalue weighted by molar-refractivity contribution is -0.0914. The molecule has 0 aliphatic rings. The van der Waals surface area contributed by atoms with Crippen LogP contribution in [0, 0.1) is 0 Å². The molecule has 6 nitrogen and oxygen atoms in total. The summed E-state index contributed by atoms with van der Waals surface area (Å²) in [6.45, 7) is 0.495. The SMILES string of the molecule is COC(CNc1cc(Cl)ccc1-n1cncn1)OC. The van der Waals surface area contributed by atoms with Gasteiger partial charge in [0.25, 0.3) is 0 Å². The summed E-state index contributed by atoms with van der Waals surface area (Å²) in [6.07, 6.45) is 2.77. The molecule has 2 aromatic rings. The summed E-state index contributed by atoms with van der Waals surface area (Å²) in [7, 11) is 3.18. The summed E-state index contributed by atoms with van der Waals surface area (Å²) in [5.74, 6) is 0. The van der Waals surface area contributed by atoms with Crippen molar-refractivity contribution in [1.82, 2.24) is 14.8 Å². The van der Waals surface area contributed by atoms with Gasteiger partial charge in [0, 0.05) is 19.2 Å². The number of halogens is 1. The molecule has 0 bridgehead atoms. The van der Waals surface area contributed by atoms with Crippen LogP contribution in [0.2, 0.25) is 5.02 Å². The number of benzene rings is 1. The summed E-state index contributed by atoms with van der Waals surface area (Å²) in [5, 5.41) is 7.96. The molecule has 1 N–H and O–H groups in total. The zero-order valence-corrected chi connectivity index (χ0v) is 11.5. The van der Waals surface area contributed by atoms with Gasteiger partial charge in [-0.05, 0) is 18.2 Å². The summed E-state index contributed by atoms with van der Waals surface area (Å²) in [5.41, 5.74) is 1.69. The van der Waals surface area contributed by atoms with E-state index >= 15 is 0 Å². The first kappa shape index (κ1) is 13.8. The molecule has 0 amide bonds. The van der Waals surface area contributed by atoms with Crippen molar-refractivity contribution in [2.45, 2.75) is 6.29 Å². The first-order valence-corrected chi connectivity index (χ1v) is 6.06. The van der Waals surface area contributed by atoms with Crippen molar-refractivity contribution >= 4 is 17.3 Å². The van der Waals surface area contributed by atoms with E-state index in [1.165, 1.54) is 6.33 Å². The zero-order valence-electron chi connectivity index (χ0n) is 10.7. The minimum Gasteiger partial charge on any atom is -0.378 e. The average molecular weight is 283 g/mol. The molecule has 0 atom stereocenters. The first-order valence-electron chi connectivity index (χ1n) is 5.68. The normalized spacial score (nSPS) is 10.9. The van der Waals surface area contributed by atoms with E-state index in [0.29, 0.717) is 11.6 Å². The maximum atomic E-state index is 6.01. The standard InChI is InChI=1S/C12H15ClN4O2/c1-18-12(19-2)6-15-10-5-9(13)3-4-11(10)17-8-14-7-16-17/h3-5,7-8,12,15H,6H2,1-2H3. The Morgan fingerprint density at radius 2 is 2.16 bits per heavy atom. The molecular weight excluding hydrogens is 268 g/mol. The third-order valence-electron chi connectivity index (χ3n) is 2.61. The largest absolute Gasteiger partial charge is 0.378 e. The Morgan fingerprint density at radius 1 is 1.37 bits per heavy atom. The van der Waals surface area contributed by atoms with Gasteiger partial charge in [-0.2, -0.15) is 5.10 Å². The molecule has 102 valence electrons. The highest BCUT2D eigenvalue weighted by atomic mass is 35.5. The van der Waals surface area contributed by atoms with E-state index in [1.54, 1.807) is 31.3 Å². The molecule has 0 unspecified atom stereocenters. The highest BCUT2D eigenvalue weighted by Gasteiger charge is 2.09. The number of hydrogen-bond acceptors (Lipinski definition) is 5. The van der Waals surface area contributed by atoms with Gasteiger partial charge in [-0.25, -0.2) is 9.67 Å². The van der Waals surface area contributed by atoms with Crippen LogP contribution < -0.4 is 5.32 Å². The van der Waals surface area contributed by atoms with Gasteiger partial charge < -0.3 is 14.8 Å². The van der Waals surface area contributed by atoms with Crippen LogP contribution in [0.5, 0.6) is 0 Å². The van der Waals surface area contributed by atoms with Crippen molar-refractivity contribution in [3.63, 3.8) is 0 Å². The third kappa shape index (κ3) is 3.44. The third-order valence-corrected chi connectivity index (χ3v) is 2.84. The molecule has 1 heterocycles. The lowest BCUT2D eigenvalue weighted by Crippen LogP contribution is -2.24. The molecule has 0 aliphatic heterocycles. The van der Waals surface area contributed by atoms with E-state index in [4.69, 9.17) is 21.1 Å². The second-order valence-electron chi connectivity index (χ2n) is 3.78. The Balaban J connectivity index is 2.21. The highest BCUT2D eigenvalue weighted by molar-refractivity contribution is 6.31. The molecule has 1 aromatic carbocycles. The Morgan fingerprint density at radius 3 is 2.79 bits per heavy atom. The molecule has 0 saturated carbocycles. The summed E-state index contributed by atoms with van der Waals surface area (Å²) < 4.78 is 11.9. The van der Waals surface area contributed by atoms with Gasteiger partial charge in [0.1, 0.15) is 12.7 Å². The van der Waals surface area contributed by atoms with Crippen molar-refractivity contribution in [2.24, 2.45) is 0 Å². The van der Waals surface area contributed by atoms with E-state index in [-0.39, 0.29) is 6.29 Å². The minimum atomic E-state index is -0.331. The molecule has 2 rings (SSSR count). The predicted octanol–water partition coefficient (Wildman–Crippen LogP) is 1.95. The predicted molar refractivity (Wildman–Crippen MR) is 72.7 cm³/mol. The van der Waals surface area contributed by atoms with E-state index < -0.39 is 0 Å². The number of ether oxygens (including phenoxy) is 2. The highest BCUT2D eigenvalue weighted by Crippen LogP contribution is 2.23. The van der Waals surface area contributed by atoms with Crippen LogP contribution in [-0.2, 0) is 9.47 Å². The maximum absolute atomic E-state index is 6.01. The van der Waals surface area contributed by atoms with Gasteiger partial charge >= 0.3 is 0 Å². The van der Waals surface area contributed by atoms with Gasteiger partial charge in [0.15, 0.2) is 6.29 Å². The van der Waals surface area contributed by atoms with Crippen molar-refractivity contribution < 1.29 is 9.47 Å². The Hall–Kier alpha value is -1.63. The Labute approximate surface area is 116 Å². The van der Waals surface area contributed by atoms with Gasteiger partial charge in [-0.3, -0.25) is 0 Å². The van der Waals surface area contributed by atoms with Crippen LogP contribution in [0.4, 0.5) is 5.69 Å². The van der Waals surface area contributed by atoms with Crippen LogP contribution in [0.15, 0.2) is 30.9 Å². The van der Waals surface area contributed by atoms with Crippen molar-refractivity contribution in [3.8, 4) is 5.69 Å². The number of aromatic nitrogens is 3. The van der Waals surface area contributed by atoms with E-state index in [0.717, 1.165) is 11.4 Å². The van der Waals surface area contributed by atoms with Crippen molar-refractivity contribution in [2.75, 3.05) is 26.1 Å². The van der Waals surface area contributed by atoms with Crippen molar-refractivity contribution in [3.05, 3.63) is 35.9 Å². The summed E-state index contributed by atoms with van der Waals surface area (Å²) >= 11 is 6.01. The fourth-order valence-electron chi connectivity index (χ4n) is 1.64. The summed E-state index contributed by atoms with van der Waals surface area (Å²) in [6, 6.07) is 5.49. The Kier molecular flexibility index (Phi) is 4.73. The zero-order chi connectivity index (χ0) is 13.7. The van der Waals surface area contributed by atoms with Crippen LogP contribution >= 0.6 is 11.6 Å². The lowest BCUT2D eigenvalue weighted by atomic mass is 10.2. The minimum absolute atomic E-state index is 0.331. The number of anilines is 1. The van der Waals surface area contributed by atoms with Crippen LogP contribution in [0.1, 0.15) is 0 Å².